The fraction of sp³-hybridized carbons (Fsp3) is 0.455. The molecule has 1 nitrogen and oxygen atoms in total. The zero-order valence-electron chi connectivity index (χ0n) is 8.36. The van der Waals surface area contributed by atoms with Gasteiger partial charge < -0.3 is 5.32 Å². The van der Waals surface area contributed by atoms with E-state index in [4.69, 9.17) is 0 Å². The van der Waals surface area contributed by atoms with Crippen LogP contribution in [0.1, 0.15) is 17.9 Å². The molecule has 1 aliphatic carbocycles. The van der Waals surface area contributed by atoms with Gasteiger partial charge in [-0.25, -0.2) is 13.2 Å². The van der Waals surface area contributed by atoms with Gasteiger partial charge in [0.05, 0.1) is 0 Å². The first-order valence-electron chi connectivity index (χ1n) is 4.92. The minimum Gasteiger partial charge on any atom is -0.319 e. The minimum atomic E-state index is -1.38. The van der Waals surface area contributed by atoms with E-state index in [-0.39, 0.29) is 5.92 Å². The Labute approximate surface area is 86.3 Å². The highest BCUT2D eigenvalue weighted by molar-refractivity contribution is 5.28. The van der Waals surface area contributed by atoms with Gasteiger partial charge in [0.15, 0.2) is 17.5 Å². The molecule has 82 valence electrons. The first kappa shape index (κ1) is 10.5. The molecule has 0 spiro atoms. The van der Waals surface area contributed by atoms with Crippen LogP contribution in [0.15, 0.2) is 12.1 Å². The molecule has 1 fully saturated rings. The smallest absolute Gasteiger partial charge is 0.194 e. The van der Waals surface area contributed by atoms with Gasteiger partial charge in [0.25, 0.3) is 0 Å². The van der Waals surface area contributed by atoms with Crippen molar-refractivity contribution in [3.8, 4) is 0 Å². The Morgan fingerprint density at radius 1 is 1.27 bits per heavy atom. The summed E-state index contributed by atoms with van der Waals surface area (Å²) in [5.74, 6) is -2.99. The molecule has 1 aliphatic rings. The predicted octanol–water partition coefficient (Wildman–Crippen LogP) is 2.43. The van der Waals surface area contributed by atoms with Crippen molar-refractivity contribution >= 4 is 0 Å². The quantitative estimate of drug-likeness (QED) is 0.763. The average molecular weight is 215 g/mol. The molecule has 0 aromatic heterocycles. The molecule has 0 radical (unpaired) electrons. The molecular formula is C11H12F3N. The monoisotopic (exact) mass is 215 g/mol. The Kier molecular flexibility index (Phi) is 2.69. The second-order valence-corrected chi connectivity index (χ2v) is 3.96. The van der Waals surface area contributed by atoms with E-state index in [1.807, 2.05) is 7.05 Å². The van der Waals surface area contributed by atoms with Crippen molar-refractivity contribution in [3.63, 3.8) is 0 Å². The van der Waals surface area contributed by atoms with Gasteiger partial charge in [-0.3, -0.25) is 0 Å². The van der Waals surface area contributed by atoms with Crippen molar-refractivity contribution in [1.82, 2.24) is 5.32 Å². The lowest BCUT2D eigenvalue weighted by Crippen LogP contribution is -2.10. The number of hydrogen-bond donors (Lipinski definition) is 1. The summed E-state index contributed by atoms with van der Waals surface area (Å²) < 4.78 is 38.5. The molecule has 2 unspecified atom stereocenters. The molecule has 1 aromatic carbocycles. The lowest BCUT2D eigenvalue weighted by atomic mass is 10.1. The molecule has 1 aromatic rings. The topological polar surface area (TPSA) is 12.0 Å². The summed E-state index contributed by atoms with van der Waals surface area (Å²) in [7, 11) is 1.83. The van der Waals surface area contributed by atoms with Crippen molar-refractivity contribution in [2.24, 2.45) is 5.92 Å². The van der Waals surface area contributed by atoms with E-state index >= 15 is 0 Å². The van der Waals surface area contributed by atoms with E-state index in [0.29, 0.717) is 11.5 Å². The van der Waals surface area contributed by atoms with E-state index in [1.54, 1.807) is 0 Å². The lowest BCUT2D eigenvalue weighted by molar-refractivity contribution is 0.445. The molecule has 0 bridgehead atoms. The second-order valence-electron chi connectivity index (χ2n) is 3.96. The standard InChI is InChI=1S/C11H12F3N/c1-15-5-7-2-8(7)6-3-9(12)11(14)10(13)4-6/h3-4,7-8,15H,2,5H2,1H3. The van der Waals surface area contributed by atoms with Crippen LogP contribution in [-0.4, -0.2) is 13.6 Å². The maximum Gasteiger partial charge on any atom is 0.194 e. The number of nitrogens with one attached hydrogen (secondary N) is 1. The minimum absolute atomic E-state index is 0.169. The number of hydrogen-bond acceptors (Lipinski definition) is 1. The van der Waals surface area contributed by atoms with Gasteiger partial charge in [-0.05, 0) is 49.5 Å². The van der Waals surface area contributed by atoms with E-state index in [0.717, 1.165) is 25.1 Å². The third-order valence-corrected chi connectivity index (χ3v) is 2.82. The molecule has 0 saturated heterocycles. The van der Waals surface area contributed by atoms with Crippen LogP contribution in [0.3, 0.4) is 0 Å². The highest BCUT2D eigenvalue weighted by Crippen LogP contribution is 2.47. The number of benzene rings is 1. The normalized spacial score (nSPS) is 24.3. The van der Waals surface area contributed by atoms with Gasteiger partial charge in [0.2, 0.25) is 0 Å². The average Bonchev–Trinajstić information content (AvgIpc) is 2.93. The SMILES string of the molecule is CNCC1CC1c1cc(F)c(F)c(F)c1. The van der Waals surface area contributed by atoms with Crippen LogP contribution in [0.2, 0.25) is 0 Å². The molecule has 4 heteroatoms. The van der Waals surface area contributed by atoms with Crippen LogP contribution in [0, 0.1) is 23.4 Å². The number of rotatable bonds is 3. The second kappa shape index (κ2) is 3.85. The molecule has 0 heterocycles. The summed E-state index contributed by atoms with van der Waals surface area (Å²) in [6, 6.07) is 2.19. The zero-order valence-corrected chi connectivity index (χ0v) is 8.36. The Bertz CT molecular complexity index is 355. The van der Waals surface area contributed by atoms with E-state index in [9.17, 15) is 13.2 Å². The van der Waals surface area contributed by atoms with Crippen molar-refractivity contribution in [3.05, 3.63) is 35.1 Å². The lowest BCUT2D eigenvalue weighted by Gasteiger charge is -2.02. The molecule has 0 aliphatic heterocycles. The molecule has 1 saturated carbocycles. The summed E-state index contributed by atoms with van der Waals surface area (Å²) >= 11 is 0. The number of halogens is 3. The van der Waals surface area contributed by atoms with Gasteiger partial charge in [-0.2, -0.15) is 0 Å². The van der Waals surface area contributed by atoms with E-state index in [1.165, 1.54) is 0 Å². The van der Waals surface area contributed by atoms with Gasteiger partial charge >= 0.3 is 0 Å². The molecule has 0 amide bonds. The molecule has 1 N–H and O–H groups in total. The predicted molar refractivity (Wildman–Crippen MR) is 51.1 cm³/mol. The van der Waals surface area contributed by atoms with Crippen molar-refractivity contribution in [2.75, 3.05) is 13.6 Å². The van der Waals surface area contributed by atoms with Gasteiger partial charge in [0.1, 0.15) is 0 Å². The van der Waals surface area contributed by atoms with Crippen molar-refractivity contribution in [1.29, 1.82) is 0 Å². The summed E-state index contributed by atoms with van der Waals surface area (Å²) in [6.07, 6.45) is 0.908. The maximum absolute atomic E-state index is 12.9. The molecule has 2 atom stereocenters. The Hall–Kier alpha value is -1.03. The highest BCUT2D eigenvalue weighted by atomic mass is 19.2. The van der Waals surface area contributed by atoms with Gasteiger partial charge in [-0.1, -0.05) is 0 Å². The first-order chi connectivity index (χ1) is 7.13. The third-order valence-electron chi connectivity index (χ3n) is 2.82. The fourth-order valence-electron chi connectivity index (χ4n) is 1.93. The third kappa shape index (κ3) is 2.00. The van der Waals surface area contributed by atoms with Crippen LogP contribution in [0.4, 0.5) is 13.2 Å². The maximum atomic E-state index is 12.9. The molecule has 15 heavy (non-hydrogen) atoms. The summed E-state index contributed by atoms with van der Waals surface area (Å²) in [6.45, 7) is 0.825. The van der Waals surface area contributed by atoms with E-state index in [2.05, 4.69) is 5.32 Å². The first-order valence-corrected chi connectivity index (χ1v) is 4.92. The Morgan fingerprint density at radius 3 is 2.40 bits per heavy atom. The van der Waals surface area contributed by atoms with Crippen molar-refractivity contribution < 1.29 is 13.2 Å². The summed E-state index contributed by atoms with van der Waals surface area (Å²) in [4.78, 5) is 0. The Morgan fingerprint density at radius 2 is 1.87 bits per heavy atom. The summed E-state index contributed by atoms with van der Waals surface area (Å²) in [5.41, 5.74) is 0.562. The van der Waals surface area contributed by atoms with Crippen molar-refractivity contribution in [2.45, 2.75) is 12.3 Å². The zero-order chi connectivity index (χ0) is 11.0. The molecular weight excluding hydrogens is 203 g/mol. The van der Waals surface area contributed by atoms with Gasteiger partial charge in [-0.15, -0.1) is 0 Å². The van der Waals surface area contributed by atoms with Gasteiger partial charge in [0, 0.05) is 0 Å². The molecule has 2 rings (SSSR count). The Balaban J connectivity index is 2.17. The summed E-state index contributed by atoms with van der Waals surface area (Å²) in [5, 5.41) is 3.01. The van der Waals surface area contributed by atoms with E-state index < -0.39 is 17.5 Å². The van der Waals surface area contributed by atoms with Crippen LogP contribution in [0.25, 0.3) is 0 Å². The largest absolute Gasteiger partial charge is 0.319 e. The van der Waals surface area contributed by atoms with Crippen LogP contribution in [0.5, 0.6) is 0 Å². The van der Waals surface area contributed by atoms with Crippen LogP contribution in [-0.2, 0) is 0 Å². The van der Waals surface area contributed by atoms with Crippen LogP contribution >= 0.6 is 0 Å². The highest BCUT2D eigenvalue weighted by Gasteiger charge is 2.38. The van der Waals surface area contributed by atoms with Crippen LogP contribution < -0.4 is 5.32 Å². The fourth-order valence-corrected chi connectivity index (χ4v) is 1.93.